The van der Waals surface area contributed by atoms with Crippen LogP contribution in [-0.4, -0.2) is 45.8 Å². The molecule has 7 heteroatoms. The van der Waals surface area contributed by atoms with E-state index in [1.807, 2.05) is 82.3 Å². The van der Waals surface area contributed by atoms with E-state index in [1.54, 1.807) is 9.58 Å². The Morgan fingerprint density at radius 2 is 1.71 bits per heavy atom. The lowest BCUT2D eigenvalue weighted by Gasteiger charge is -2.28. The van der Waals surface area contributed by atoms with Crippen LogP contribution in [-0.2, 0) is 4.74 Å². The van der Waals surface area contributed by atoms with Crippen molar-refractivity contribution < 1.29 is 19.1 Å². The molecule has 0 spiro atoms. The minimum absolute atomic E-state index is 0.0987. The second-order valence-corrected chi connectivity index (χ2v) is 9.94. The first-order valence-corrected chi connectivity index (χ1v) is 12.1. The molecule has 184 valence electrons. The number of amides is 1. The van der Waals surface area contributed by atoms with Crippen molar-refractivity contribution in [2.45, 2.75) is 58.6 Å². The third kappa shape index (κ3) is 5.91. The number of hydrogen-bond acceptors (Lipinski definition) is 5. The summed E-state index contributed by atoms with van der Waals surface area (Å²) >= 11 is 0. The largest absolute Gasteiger partial charge is 0.457 e. The highest BCUT2D eigenvalue weighted by atomic mass is 16.6. The van der Waals surface area contributed by atoms with Crippen molar-refractivity contribution in [1.29, 1.82) is 0 Å². The molecule has 3 aromatic rings. The van der Waals surface area contributed by atoms with Crippen LogP contribution in [0.1, 0.15) is 62.1 Å². The van der Waals surface area contributed by atoms with Crippen LogP contribution in [0.15, 0.2) is 54.6 Å². The summed E-state index contributed by atoms with van der Waals surface area (Å²) in [5, 5.41) is 4.86. The van der Waals surface area contributed by atoms with Crippen molar-refractivity contribution in [1.82, 2.24) is 14.7 Å². The van der Waals surface area contributed by atoms with E-state index in [1.165, 1.54) is 0 Å². The Bertz CT molecular complexity index is 1160. The summed E-state index contributed by atoms with van der Waals surface area (Å²) in [6, 6.07) is 17.2. The average Bonchev–Trinajstić information content (AvgIpc) is 2.98. The number of hydrogen-bond donors (Lipinski definition) is 0. The Labute approximate surface area is 206 Å². The van der Waals surface area contributed by atoms with Crippen LogP contribution in [0, 0.1) is 6.92 Å². The SMILES string of the molecule is Cc1c(-c2ccc(Oc3ccccc3)cc2)nn(C2CCCCN(C(=O)OC(C)(C)C)C2)c1C=O. The van der Waals surface area contributed by atoms with Gasteiger partial charge in [-0.05, 0) is 83.4 Å². The van der Waals surface area contributed by atoms with Crippen molar-refractivity contribution in [2.24, 2.45) is 0 Å². The van der Waals surface area contributed by atoms with Crippen molar-refractivity contribution in [3.63, 3.8) is 0 Å². The molecule has 1 amide bonds. The number of rotatable bonds is 5. The Kier molecular flexibility index (Phi) is 7.24. The number of nitrogens with zero attached hydrogens (tertiary/aromatic N) is 3. The lowest BCUT2D eigenvalue weighted by Crippen LogP contribution is -2.39. The summed E-state index contributed by atoms with van der Waals surface area (Å²) in [6.45, 7) is 8.61. The molecule has 1 aliphatic heterocycles. The van der Waals surface area contributed by atoms with Gasteiger partial charge >= 0.3 is 6.09 Å². The first kappa shape index (κ1) is 24.5. The summed E-state index contributed by atoms with van der Waals surface area (Å²) in [7, 11) is 0. The summed E-state index contributed by atoms with van der Waals surface area (Å²) in [5.74, 6) is 1.50. The fourth-order valence-corrected chi connectivity index (χ4v) is 4.34. The van der Waals surface area contributed by atoms with E-state index in [-0.39, 0.29) is 12.1 Å². The van der Waals surface area contributed by atoms with Crippen molar-refractivity contribution >= 4 is 12.4 Å². The zero-order valence-corrected chi connectivity index (χ0v) is 20.9. The second kappa shape index (κ2) is 10.3. The zero-order valence-electron chi connectivity index (χ0n) is 20.9. The molecule has 0 N–H and O–H groups in total. The molecule has 1 unspecified atom stereocenters. The molecule has 1 aromatic heterocycles. The molecule has 4 rings (SSSR count). The first-order valence-electron chi connectivity index (χ1n) is 12.1. The van der Waals surface area contributed by atoms with Gasteiger partial charge in [0.2, 0.25) is 0 Å². The number of carbonyl (C=O) groups excluding carboxylic acids is 2. The third-order valence-electron chi connectivity index (χ3n) is 6.06. The van der Waals surface area contributed by atoms with Crippen LogP contribution in [0.25, 0.3) is 11.3 Å². The summed E-state index contributed by atoms with van der Waals surface area (Å²) in [6.07, 6.45) is 3.21. The summed E-state index contributed by atoms with van der Waals surface area (Å²) in [4.78, 5) is 26.6. The van der Waals surface area contributed by atoms with E-state index in [4.69, 9.17) is 14.6 Å². The highest BCUT2D eigenvalue weighted by Gasteiger charge is 2.29. The predicted molar refractivity (Wildman–Crippen MR) is 135 cm³/mol. The number of aldehydes is 1. The van der Waals surface area contributed by atoms with E-state index in [0.717, 1.165) is 53.9 Å². The average molecular weight is 476 g/mol. The van der Waals surface area contributed by atoms with Crippen LogP contribution in [0.4, 0.5) is 4.79 Å². The molecule has 0 bridgehead atoms. The number of aromatic nitrogens is 2. The molecular formula is C28H33N3O4. The predicted octanol–water partition coefficient (Wildman–Crippen LogP) is 6.43. The van der Waals surface area contributed by atoms with Crippen molar-refractivity contribution in [3.8, 4) is 22.8 Å². The molecule has 35 heavy (non-hydrogen) atoms. The topological polar surface area (TPSA) is 73.7 Å². The van der Waals surface area contributed by atoms with Crippen LogP contribution < -0.4 is 4.74 Å². The maximum Gasteiger partial charge on any atom is 0.410 e. The third-order valence-corrected chi connectivity index (χ3v) is 6.06. The number of carbonyl (C=O) groups is 2. The van der Waals surface area contributed by atoms with Crippen molar-refractivity contribution in [2.75, 3.05) is 13.1 Å². The van der Waals surface area contributed by atoms with Crippen LogP contribution >= 0.6 is 0 Å². The van der Waals surface area contributed by atoms with Crippen LogP contribution in [0.2, 0.25) is 0 Å². The van der Waals surface area contributed by atoms with E-state index in [2.05, 4.69) is 0 Å². The van der Waals surface area contributed by atoms with E-state index >= 15 is 0 Å². The van der Waals surface area contributed by atoms with Gasteiger partial charge in [0.05, 0.1) is 11.7 Å². The fraction of sp³-hybridized carbons (Fsp3) is 0.393. The minimum Gasteiger partial charge on any atom is -0.457 e. The molecule has 0 radical (unpaired) electrons. The van der Waals surface area contributed by atoms with Gasteiger partial charge in [-0.2, -0.15) is 5.10 Å². The van der Waals surface area contributed by atoms with E-state index in [0.29, 0.717) is 18.8 Å². The minimum atomic E-state index is -0.557. The van der Waals surface area contributed by atoms with E-state index < -0.39 is 5.60 Å². The lowest BCUT2D eigenvalue weighted by atomic mass is 10.1. The molecule has 1 saturated heterocycles. The number of ether oxygens (including phenoxy) is 2. The van der Waals surface area contributed by atoms with Gasteiger partial charge in [-0.25, -0.2) is 4.79 Å². The maximum atomic E-state index is 12.7. The Morgan fingerprint density at radius 3 is 2.37 bits per heavy atom. The first-order chi connectivity index (χ1) is 16.7. The van der Waals surface area contributed by atoms with Gasteiger partial charge in [0.1, 0.15) is 22.8 Å². The van der Waals surface area contributed by atoms with Crippen LogP contribution in [0.3, 0.4) is 0 Å². The van der Waals surface area contributed by atoms with Gasteiger partial charge in [-0.3, -0.25) is 9.48 Å². The standard InChI is InChI=1S/C28H33N3O4/c1-20-25(19-32)31(22-10-8-9-17-30(18-22)27(33)35-28(2,3)4)29-26(20)21-13-15-24(16-14-21)34-23-11-6-5-7-12-23/h5-7,11-16,19,22H,8-10,17-18H2,1-4H3. The van der Waals surface area contributed by atoms with E-state index in [9.17, 15) is 9.59 Å². The van der Waals surface area contributed by atoms with Gasteiger partial charge in [0.15, 0.2) is 6.29 Å². The van der Waals surface area contributed by atoms with Gasteiger partial charge in [-0.15, -0.1) is 0 Å². The van der Waals surface area contributed by atoms with Gasteiger partial charge in [0.25, 0.3) is 0 Å². The summed E-state index contributed by atoms with van der Waals surface area (Å²) in [5.41, 5.74) is 2.47. The molecule has 1 atom stereocenters. The monoisotopic (exact) mass is 475 g/mol. The second-order valence-electron chi connectivity index (χ2n) is 9.94. The molecule has 2 heterocycles. The zero-order chi connectivity index (χ0) is 25.0. The Hall–Kier alpha value is -3.61. The summed E-state index contributed by atoms with van der Waals surface area (Å²) < 4.78 is 13.3. The Balaban J connectivity index is 1.57. The Morgan fingerprint density at radius 1 is 1.03 bits per heavy atom. The molecule has 0 saturated carbocycles. The smallest absolute Gasteiger partial charge is 0.410 e. The quantitative estimate of drug-likeness (QED) is 0.398. The molecular weight excluding hydrogens is 442 g/mol. The number of likely N-dealkylation sites (tertiary alicyclic amines) is 1. The molecule has 1 aliphatic rings. The highest BCUT2D eigenvalue weighted by molar-refractivity contribution is 5.80. The normalized spacial score (nSPS) is 16.5. The highest BCUT2D eigenvalue weighted by Crippen LogP contribution is 2.31. The fourth-order valence-electron chi connectivity index (χ4n) is 4.34. The molecule has 1 fully saturated rings. The molecule has 0 aliphatic carbocycles. The maximum absolute atomic E-state index is 12.7. The van der Waals surface area contributed by atoms with Crippen LogP contribution in [0.5, 0.6) is 11.5 Å². The van der Waals surface area contributed by atoms with Crippen molar-refractivity contribution in [3.05, 3.63) is 65.9 Å². The molecule has 7 nitrogen and oxygen atoms in total. The van der Waals surface area contributed by atoms with Gasteiger partial charge in [-0.1, -0.05) is 18.2 Å². The number of para-hydroxylation sites is 1. The number of benzene rings is 2. The molecule has 2 aromatic carbocycles. The lowest BCUT2D eigenvalue weighted by molar-refractivity contribution is 0.0234. The van der Waals surface area contributed by atoms with Gasteiger partial charge < -0.3 is 14.4 Å². The van der Waals surface area contributed by atoms with Gasteiger partial charge in [0, 0.05) is 24.2 Å².